The summed E-state index contributed by atoms with van der Waals surface area (Å²) in [6.07, 6.45) is 2.64. The monoisotopic (exact) mass is 270 g/mol. The minimum atomic E-state index is 0.629. The van der Waals surface area contributed by atoms with E-state index in [0.29, 0.717) is 6.61 Å². The van der Waals surface area contributed by atoms with Gasteiger partial charge in [0.25, 0.3) is 0 Å². The maximum atomic E-state index is 5.64. The van der Waals surface area contributed by atoms with Crippen LogP contribution in [-0.2, 0) is 6.42 Å². The summed E-state index contributed by atoms with van der Waals surface area (Å²) in [4.78, 5) is 0. The first-order valence-corrected chi connectivity index (χ1v) is 5.91. The fourth-order valence-corrected chi connectivity index (χ4v) is 1.50. The fraction of sp³-hybridized carbons (Fsp3) is 0.333. The molecule has 0 saturated carbocycles. The van der Waals surface area contributed by atoms with Crippen molar-refractivity contribution in [1.29, 1.82) is 0 Å². The largest absolute Gasteiger partial charge is 0.493 e. The van der Waals surface area contributed by atoms with Gasteiger partial charge in [-0.2, -0.15) is 0 Å². The molecule has 0 aliphatic heterocycles. The van der Waals surface area contributed by atoms with Crippen molar-refractivity contribution >= 4 is 15.9 Å². The second kappa shape index (κ2) is 6.51. The molecule has 82 valence electrons. The molecule has 1 aromatic carbocycles. The van der Waals surface area contributed by atoms with E-state index in [2.05, 4.69) is 22.5 Å². The quantitative estimate of drug-likeness (QED) is 0.584. The van der Waals surface area contributed by atoms with Crippen LogP contribution in [0.25, 0.3) is 0 Å². The molecule has 0 N–H and O–H groups in total. The summed E-state index contributed by atoms with van der Waals surface area (Å²) in [5.74, 6) is 1.59. The zero-order valence-corrected chi connectivity index (χ0v) is 10.4. The number of allylic oxidation sites excluding steroid dienone is 1. The van der Waals surface area contributed by atoms with Crippen LogP contribution in [0.2, 0.25) is 0 Å². The number of ether oxygens (including phenoxy) is 2. The number of para-hydroxylation sites is 1. The smallest absolute Gasteiger partial charge is 0.164 e. The Hall–Kier alpha value is -0.960. The van der Waals surface area contributed by atoms with Crippen molar-refractivity contribution in [2.24, 2.45) is 0 Å². The van der Waals surface area contributed by atoms with Crippen LogP contribution < -0.4 is 9.47 Å². The summed E-state index contributed by atoms with van der Waals surface area (Å²) in [6.45, 7) is 4.36. The van der Waals surface area contributed by atoms with Gasteiger partial charge in [-0.1, -0.05) is 34.1 Å². The van der Waals surface area contributed by atoms with E-state index in [9.17, 15) is 0 Å². The molecule has 0 aliphatic rings. The zero-order valence-electron chi connectivity index (χ0n) is 8.83. The average Bonchev–Trinajstić information content (AvgIpc) is 2.27. The van der Waals surface area contributed by atoms with Crippen LogP contribution in [0, 0.1) is 0 Å². The topological polar surface area (TPSA) is 18.5 Å². The van der Waals surface area contributed by atoms with E-state index in [1.54, 1.807) is 7.11 Å². The molecular weight excluding hydrogens is 256 g/mol. The van der Waals surface area contributed by atoms with Crippen molar-refractivity contribution < 1.29 is 9.47 Å². The number of halogens is 1. The Morgan fingerprint density at radius 3 is 2.87 bits per heavy atom. The van der Waals surface area contributed by atoms with Crippen molar-refractivity contribution in [2.45, 2.75) is 6.42 Å². The second-order valence-electron chi connectivity index (χ2n) is 2.98. The third kappa shape index (κ3) is 3.27. The van der Waals surface area contributed by atoms with E-state index in [1.807, 2.05) is 24.3 Å². The molecule has 3 heteroatoms. The molecule has 0 aromatic heterocycles. The first kappa shape index (κ1) is 12.1. The van der Waals surface area contributed by atoms with Gasteiger partial charge in [-0.3, -0.25) is 0 Å². The molecule has 0 atom stereocenters. The average molecular weight is 271 g/mol. The summed E-state index contributed by atoms with van der Waals surface area (Å²) in [7, 11) is 1.65. The van der Waals surface area contributed by atoms with E-state index in [0.717, 1.165) is 28.8 Å². The molecule has 0 amide bonds. The van der Waals surface area contributed by atoms with E-state index in [-0.39, 0.29) is 0 Å². The predicted molar refractivity (Wildman–Crippen MR) is 66.2 cm³/mol. The predicted octanol–water partition coefficient (Wildman–Crippen LogP) is 3.20. The first-order chi connectivity index (χ1) is 7.33. The van der Waals surface area contributed by atoms with Gasteiger partial charge in [-0.05, 0) is 12.5 Å². The van der Waals surface area contributed by atoms with E-state index < -0.39 is 0 Å². The highest BCUT2D eigenvalue weighted by atomic mass is 79.9. The Morgan fingerprint density at radius 2 is 2.27 bits per heavy atom. The van der Waals surface area contributed by atoms with Gasteiger partial charge in [-0.25, -0.2) is 0 Å². The van der Waals surface area contributed by atoms with Crippen LogP contribution in [0.4, 0.5) is 0 Å². The van der Waals surface area contributed by atoms with E-state index in [1.165, 1.54) is 0 Å². The number of benzene rings is 1. The lowest BCUT2D eigenvalue weighted by atomic mass is 10.1. The number of rotatable bonds is 6. The van der Waals surface area contributed by atoms with Gasteiger partial charge in [0.2, 0.25) is 0 Å². The molecule has 0 unspecified atom stereocenters. The van der Waals surface area contributed by atoms with E-state index >= 15 is 0 Å². The van der Waals surface area contributed by atoms with Crippen LogP contribution in [0.15, 0.2) is 30.9 Å². The first-order valence-electron chi connectivity index (χ1n) is 4.79. The number of hydrogen-bond acceptors (Lipinski definition) is 2. The van der Waals surface area contributed by atoms with Crippen LogP contribution in [-0.4, -0.2) is 19.0 Å². The highest BCUT2D eigenvalue weighted by Crippen LogP contribution is 2.31. The SMILES string of the molecule is C=CCc1cccc(OC)c1OCCBr. The van der Waals surface area contributed by atoms with Crippen molar-refractivity contribution in [2.75, 3.05) is 19.0 Å². The van der Waals surface area contributed by atoms with E-state index in [4.69, 9.17) is 9.47 Å². The Kier molecular flexibility index (Phi) is 5.26. The molecule has 1 aromatic rings. The summed E-state index contributed by atoms with van der Waals surface area (Å²) in [5, 5.41) is 0.804. The second-order valence-corrected chi connectivity index (χ2v) is 3.77. The zero-order chi connectivity index (χ0) is 11.1. The molecule has 0 heterocycles. The molecular formula is C12H15BrO2. The molecule has 0 bridgehead atoms. The minimum Gasteiger partial charge on any atom is -0.493 e. The fourth-order valence-electron chi connectivity index (χ4n) is 1.34. The summed E-state index contributed by atoms with van der Waals surface area (Å²) >= 11 is 3.33. The number of hydrogen-bond donors (Lipinski definition) is 0. The van der Waals surface area contributed by atoms with Gasteiger partial charge >= 0.3 is 0 Å². The number of alkyl halides is 1. The highest BCUT2D eigenvalue weighted by Gasteiger charge is 2.08. The Labute approximate surface area is 99.0 Å². The Balaban J connectivity index is 2.96. The van der Waals surface area contributed by atoms with Gasteiger partial charge in [0.05, 0.1) is 13.7 Å². The maximum absolute atomic E-state index is 5.64. The summed E-state index contributed by atoms with van der Waals surface area (Å²) in [5.41, 5.74) is 1.10. The molecule has 2 nitrogen and oxygen atoms in total. The summed E-state index contributed by atoms with van der Waals surface area (Å²) in [6, 6.07) is 5.88. The van der Waals surface area contributed by atoms with Gasteiger partial charge < -0.3 is 9.47 Å². The van der Waals surface area contributed by atoms with Crippen molar-refractivity contribution in [3.63, 3.8) is 0 Å². The Morgan fingerprint density at radius 1 is 1.47 bits per heavy atom. The third-order valence-corrected chi connectivity index (χ3v) is 2.29. The number of methoxy groups -OCH3 is 1. The molecule has 15 heavy (non-hydrogen) atoms. The van der Waals surface area contributed by atoms with Crippen LogP contribution in [0.3, 0.4) is 0 Å². The normalized spacial score (nSPS) is 9.73. The van der Waals surface area contributed by atoms with Gasteiger partial charge in [0, 0.05) is 10.9 Å². The van der Waals surface area contributed by atoms with Crippen molar-refractivity contribution in [3.05, 3.63) is 36.4 Å². The maximum Gasteiger partial charge on any atom is 0.164 e. The lowest BCUT2D eigenvalue weighted by Gasteiger charge is -2.13. The minimum absolute atomic E-state index is 0.629. The molecule has 1 rings (SSSR count). The molecule has 0 saturated heterocycles. The lowest BCUT2D eigenvalue weighted by Crippen LogP contribution is -2.02. The molecule has 0 spiro atoms. The van der Waals surface area contributed by atoms with Gasteiger partial charge in [0.1, 0.15) is 0 Å². The van der Waals surface area contributed by atoms with Crippen molar-refractivity contribution in [3.8, 4) is 11.5 Å². The molecule has 0 fully saturated rings. The van der Waals surface area contributed by atoms with Crippen LogP contribution >= 0.6 is 15.9 Å². The third-order valence-electron chi connectivity index (χ3n) is 1.97. The molecule has 0 aliphatic carbocycles. The van der Waals surface area contributed by atoms with Crippen molar-refractivity contribution in [1.82, 2.24) is 0 Å². The van der Waals surface area contributed by atoms with Gasteiger partial charge in [0.15, 0.2) is 11.5 Å². The van der Waals surface area contributed by atoms with Gasteiger partial charge in [-0.15, -0.1) is 6.58 Å². The lowest BCUT2D eigenvalue weighted by molar-refractivity contribution is 0.311. The Bertz CT molecular complexity index is 323. The summed E-state index contributed by atoms with van der Waals surface area (Å²) < 4.78 is 10.9. The van der Waals surface area contributed by atoms with Crippen LogP contribution in [0.5, 0.6) is 11.5 Å². The molecule has 0 radical (unpaired) electrons. The van der Waals surface area contributed by atoms with Crippen LogP contribution in [0.1, 0.15) is 5.56 Å². The standard InChI is InChI=1S/C12H15BrO2/c1-3-5-10-6-4-7-11(14-2)12(10)15-9-8-13/h3-4,6-7H,1,5,8-9H2,2H3. The highest BCUT2D eigenvalue weighted by molar-refractivity contribution is 9.09.